The van der Waals surface area contributed by atoms with Crippen LogP contribution in [-0.4, -0.2) is 17.1 Å². The first-order valence-corrected chi connectivity index (χ1v) is 7.02. The quantitative estimate of drug-likeness (QED) is 0.691. The third-order valence-electron chi connectivity index (χ3n) is 3.49. The molecule has 3 aromatic rings. The fourth-order valence-electron chi connectivity index (χ4n) is 2.45. The molecule has 4 heteroatoms. The monoisotopic (exact) mass is 290 g/mol. The summed E-state index contributed by atoms with van der Waals surface area (Å²) >= 11 is 0. The molecule has 0 saturated carbocycles. The predicted molar refractivity (Wildman–Crippen MR) is 83.9 cm³/mol. The zero-order chi connectivity index (χ0) is 15.5. The summed E-state index contributed by atoms with van der Waals surface area (Å²) in [6, 6.07) is 17.1. The van der Waals surface area contributed by atoms with Crippen molar-refractivity contribution in [2.45, 2.75) is 6.92 Å². The summed E-state index contributed by atoms with van der Waals surface area (Å²) in [5.41, 5.74) is 3.00. The second kappa shape index (κ2) is 5.74. The molecule has 1 aromatic heterocycles. The molecule has 1 heterocycles. The zero-order valence-electron chi connectivity index (χ0n) is 12.1. The average molecular weight is 290 g/mol. The minimum absolute atomic E-state index is 0.330. The molecule has 0 aliphatic rings. The predicted octanol–water partition coefficient (Wildman–Crippen LogP) is 3.68. The highest BCUT2D eigenvalue weighted by Crippen LogP contribution is 2.24. The average Bonchev–Trinajstić information content (AvgIpc) is 2.94. The maximum Gasteiger partial charge on any atom is 0.338 e. The second-order valence-electron chi connectivity index (χ2n) is 4.81. The van der Waals surface area contributed by atoms with E-state index in [-0.39, 0.29) is 5.97 Å². The van der Waals surface area contributed by atoms with E-state index in [2.05, 4.69) is 6.07 Å². The van der Waals surface area contributed by atoms with Crippen molar-refractivity contribution < 1.29 is 9.53 Å². The van der Waals surface area contributed by atoms with Crippen molar-refractivity contribution in [3.8, 4) is 11.8 Å². The normalized spacial score (nSPS) is 10.4. The van der Waals surface area contributed by atoms with Crippen molar-refractivity contribution in [1.29, 1.82) is 5.26 Å². The van der Waals surface area contributed by atoms with Crippen molar-refractivity contribution in [2.24, 2.45) is 0 Å². The van der Waals surface area contributed by atoms with Crippen LogP contribution in [0.3, 0.4) is 0 Å². The number of nitriles is 1. The second-order valence-corrected chi connectivity index (χ2v) is 4.81. The summed E-state index contributed by atoms with van der Waals surface area (Å²) in [5, 5.41) is 10.2. The van der Waals surface area contributed by atoms with E-state index in [1.54, 1.807) is 19.1 Å². The van der Waals surface area contributed by atoms with E-state index in [9.17, 15) is 10.1 Å². The third kappa shape index (κ3) is 2.33. The molecule has 2 aromatic carbocycles. The molecule has 0 atom stereocenters. The number of hydrogen-bond acceptors (Lipinski definition) is 3. The Bertz CT molecular complexity index is 870. The molecule has 0 radical (unpaired) electrons. The Morgan fingerprint density at radius 2 is 1.91 bits per heavy atom. The molecule has 0 amide bonds. The summed E-state index contributed by atoms with van der Waals surface area (Å²) in [5.74, 6) is -0.330. The fraction of sp³-hybridized carbons (Fsp3) is 0.111. The first-order chi connectivity index (χ1) is 10.7. The van der Waals surface area contributed by atoms with Gasteiger partial charge in [0.15, 0.2) is 0 Å². The van der Waals surface area contributed by atoms with Gasteiger partial charge < -0.3 is 9.30 Å². The van der Waals surface area contributed by atoms with Gasteiger partial charge in [0.05, 0.1) is 23.3 Å². The van der Waals surface area contributed by atoms with Crippen LogP contribution >= 0.6 is 0 Å². The van der Waals surface area contributed by atoms with Crippen LogP contribution in [0.4, 0.5) is 0 Å². The maximum atomic E-state index is 11.7. The third-order valence-corrected chi connectivity index (χ3v) is 3.49. The molecule has 0 unspecified atom stereocenters. The van der Waals surface area contributed by atoms with Gasteiger partial charge >= 0.3 is 5.97 Å². The number of benzene rings is 2. The van der Waals surface area contributed by atoms with Crippen LogP contribution in [0.2, 0.25) is 0 Å². The summed E-state index contributed by atoms with van der Waals surface area (Å²) in [6.45, 7) is 2.13. The van der Waals surface area contributed by atoms with Crippen molar-refractivity contribution in [3.05, 3.63) is 65.9 Å². The lowest BCUT2D eigenvalue weighted by Gasteiger charge is -2.07. The molecule has 0 aliphatic carbocycles. The van der Waals surface area contributed by atoms with E-state index in [1.807, 2.05) is 47.2 Å². The number of rotatable bonds is 3. The molecular formula is C18H14N2O2. The number of fused-ring (bicyclic) bond motifs is 1. The summed E-state index contributed by atoms with van der Waals surface area (Å²) in [7, 11) is 0. The number of ether oxygens (including phenoxy) is 1. The SMILES string of the molecule is CCOC(=O)c1ccc(-n2cc(C#N)c3ccccc32)cc1. The van der Waals surface area contributed by atoms with Crippen LogP contribution in [0.15, 0.2) is 54.7 Å². The molecule has 4 nitrogen and oxygen atoms in total. The molecule has 0 spiro atoms. The number of carbonyl (C=O) groups is 1. The van der Waals surface area contributed by atoms with Gasteiger partial charge in [-0.05, 0) is 37.3 Å². The number of aromatic nitrogens is 1. The highest BCUT2D eigenvalue weighted by atomic mass is 16.5. The Labute approximate surface area is 128 Å². The van der Waals surface area contributed by atoms with Crippen LogP contribution in [0.5, 0.6) is 0 Å². The van der Waals surface area contributed by atoms with Crippen molar-refractivity contribution in [3.63, 3.8) is 0 Å². The first-order valence-electron chi connectivity index (χ1n) is 7.02. The minimum atomic E-state index is -0.330. The van der Waals surface area contributed by atoms with Gasteiger partial charge in [-0.15, -0.1) is 0 Å². The Morgan fingerprint density at radius 3 is 2.59 bits per heavy atom. The number of para-hydroxylation sites is 1. The van der Waals surface area contributed by atoms with Gasteiger partial charge in [0, 0.05) is 17.3 Å². The van der Waals surface area contributed by atoms with Crippen LogP contribution in [0, 0.1) is 11.3 Å². The molecule has 108 valence electrons. The van der Waals surface area contributed by atoms with E-state index < -0.39 is 0 Å². The van der Waals surface area contributed by atoms with Gasteiger partial charge in [-0.25, -0.2) is 4.79 Å². The first kappa shape index (κ1) is 13.9. The van der Waals surface area contributed by atoms with Crippen molar-refractivity contribution in [1.82, 2.24) is 4.57 Å². The molecule has 3 rings (SSSR count). The topological polar surface area (TPSA) is 55.0 Å². The van der Waals surface area contributed by atoms with Crippen molar-refractivity contribution in [2.75, 3.05) is 6.61 Å². The largest absolute Gasteiger partial charge is 0.462 e. The lowest BCUT2D eigenvalue weighted by molar-refractivity contribution is 0.0526. The highest BCUT2D eigenvalue weighted by Gasteiger charge is 2.10. The van der Waals surface area contributed by atoms with Gasteiger partial charge in [0.25, 0.3) is 0 Å². The standard InChI is InChI=1S/C18H14N2O2/c1-2-22-18(21)13-7-9-15(10-8-13)20-12-14(11-19)16-5-3-4-6-17(16)20/h3-10,12H,2H2,1H3. The number of hydrogen-bond donors (Lipinski definition) is 0. The summed E-state index contributed by atoms with van der Waals surface area (Å²) in [4.78, 5) is 11.7. The maximum absolute atomic E-state index is 11.7. The van der Waals surface area contributed by atoms with E-state index in [4.69, 9.17) is 4.74 Å². The lowest BCUT2D eigenvalue weighted by atomic mass is 10.2. The smallest absolute Gasteiger partial charge is 0.338 e. The number of nitrogens with zero attached hydrogens (tertiary/aromatic N) is 2. The fourth-order valence-corrected chi connectivity index (χ4v) is 2.45. The van der Waals surface area contributed by atoms with Crippen LogP contribution in [0.1, 0.15) is 22.8 Å². The molecule has 0 fully saturated rings. The molecule has 22 heavy (non-hydrogen) atoms. The number of esters is 1. The van der Waals surface area contributed by atoms with Gasteiger partial charge in [0.2, 0.25) is 0 Å². The van der Waals surface area contributed by atoms with E-state index in [0.29, 0.717) is 17.7 Å². The summed E-state index contributed by atoms with van der Waals surface area (Å²) < 4.78 is 6.92. The molecular weight excluding hydrogens is 276 g/mol. The molecule has 0 N–H and O–H groups in total. The van der Waals surface area contributed by atoms with Crippen LogP contribution < -0.4 is 0 Å². The van der Waals surface area contributed by atoms with Gasteiger partial charge in [0.1, 0.15) is 6.07 Å². The Morgan fingerprint density at radius 1 is 1.18 bits per heavy atom. The van der Waals surface area contributed by atoms with E-state index in [0.717, 1.165) is 16.6 Å². The molecule has 0 saturated heterocycles. The highest BCUT2D eigenvalue weighted by molar-refractivity contribution is 5.90. The lowest BCUT2D eigenvalue weighted by Crippen LogP contribution is -2.04. The summed E-state index contributed by atoms with van der Waals surface area (Å²) in [6.07, 6.45) is 1.81. The van der Waals surface area contributed by atoms with E-state index >= 15 is 0 Å². The Balaban J connectivity index is 2.05. The molecule has 0 bridgehead atoms. The number of carbonyl (C=O) groups excluding carboxylic acids is 1. The molecule has 0 aliphatic heterocycles. The van der Waals surface area contributed by atoms with Crippen molar-refractivity contribution >= 4 is 16.9 Å². The Kier molecular flexibility index (Phi) is 3.63. The van der Waals surface area contributed by atoms with Gasteiger partial charge in [-0.3, -0.25) is 0 Å². The van der Waals surface area contributed by atoms with Crippen LogP contribution in [-0.2, 0) is 4.74 Å². The van der Waals surface area contributed by atoms with E-state index in [1.165, 1.54) is 0 Å². The Hall–Kier alpha value is -3.06. The zero-order valence-corrected chi connectivity index (χ0v) is 12.1. The van der Waals surface area contributed by atoms with Gasteiger partial charge in [-0.2, -0.15) is 5.26 Å². The minimum Gasteiger partial charge on any atom is -0.462 e. The van der Waals surface area contributed by atoms with Gasteiger partial charge in [-0.1, -0.05) is 18.2 Å². The van der Waals surface area contributed by atoms with Crippen LogP contribution in [0.25, 0.3) is 16.6 Å².